The fourth-order valence-electron chi connectivity index (χ4n) is 1.76. The van der Waals surface area contributed by atoms with Gasteiger partial charge in [-0.1, -0.05) is 13.3 Å². The van der Waals surface area contributed by atoms with Crippen LogP contribution in [0.3, 0.4) is 0 Å². The summed E-state index contributed by atoms with van der Waals surface area (Å²) in [6.45, 7) is 1.97. The fraction of sp³-hybridized carbons (Fsp3) is 0.800. The van der Waals surface area contributed by atoms with Gasteiger partial charge in [0.25, 0.3) is 0 Å². The molecule has 0 bridgehead atoms. The Morgan fingerprint density at radius 2 is 2.25 bits per heavy atom. The van der Waals surface area contributed by atoms with Gasteiger partial charge in [-0.15, -0.1) is 11.8 Å². The van der Waals surface area contributed by atoms with Crippen molar-refractivity contribution in [3.63, 3.8) is 0 Å². The highest BCUT2D eigenvalue weighted by Gasteiger charge is 2.40. The fourth-order valence-corrected chi connectivity index (χ4v) is 3.29. The third-order valence-electron chi connectivity index (χ3n) is 2.47. The third-order valence-corrected chi connectivity index (χ3v) is 3.82. The van der Waals surface area contributed by atoms with Crippen molar-refractivity contribution >= 4 is 23.6 Å². The summed E-state index contributed by atoms with van der Waals surface area (Å²) in [5.74, 6) is -0.705. The van der Waals surface area contributed by atoms with Crippen LogP contribution in [0.15, 0.2) is 0 Å². The van der Waals surface area contributed by atoms with E-state index in [1.165, 1.54) is 23.8 Å². The SMILES string of the molecule is CCCC1SCC(C(=O)O)N1C(=O)COC. The molecule has 0 aliphatic carbocycles. The van der Waals surface area contributed by atoms with Crippen LogP contribution in [0.5, 0.6) is 0 Å². The van der Waals surface area contributed by atoms with Crippen molar-refractivity contribution in [1.29, 1.82) is 0 Å². The van der Waals surface area contributed by atoms with E-state index in [0.29, 0.717) is 5.75 Å². The Morgan fingerprint density at radius 3 is 2.75 bits per heavy atom. The summed E-state index contributed by atoms with van der Waals surface area (Å²) in [6.07, 6.45) is 1.75. The standard InChI is InChI=1S/C10H17NO4S/c1-3-4-9-11(8(12)5-15-2)7(6-16-9)10(13)14/h7,9H,3-6H2,1-2H3,(H,13,14). The molecule has 1 saturated heterocycles. The molecule has 0 aromatic heterocycles. The van der Waals surface area contributed by atoms with Gasteiger partial charge in [0.2, 0.25) is 5.91 Å². The molecule has 1 fully saturated rings. The number of aliphatic carboxylic acids is 1. The summed E-state index contributed by atoms with van der Waals surface area (Å²) in [6, 6.07) is -0.704. The molecule has 5 nitrogen and oxygen atoms in total. The molecule has 0 radical (unpaired) electrons. The molecule has 16 heavy (non-hydrogen) atoms. The van der Waals surface area contributed by atoms with Crippen LogP contribution in [-0.4, -0.2) is 52.8 Å². The van der Waals surface area contributed by atoms with Crippen LogP contribution >= 0.6 is 11.8 Å². The van der Waals surface area contributed by atoms with E-state index in [9.17, 15) is 9.59 Å². The summed E-state index contributed by atoms with van der Waals surface area (Å²) in [4.78, 5) is 24.3. The molecule has 0 aromatic carbocycles. The van der Waals surface area contributed by atoms with Crippen LogP contribution in [0.1, 0.15) is 19.8 Å². The molecule has 0 saturated carbocycles. The third kappa shape index (κ3) is 2.89. The molecule has 1 amide bonds. The van der Waals surface area contributed by atoms with Gasteiger partial charge < -0.3 is 14.7 Å². The zero-order valence-electron chi connectivity index (χ0n) is 9.51. The number of methoxy groups -OCH3 is 1. The molecule has 1 aliphatic heterocycles. The van der Waals surface area contributed by atoms with E-state index in [2.05, 4.69) is 0 Å². The molecule has 92 valence electrons. The second-order valence-corrected chi connectivity index (χ2v) is 4.88. The Morgan fingerprint density at radius 1 is 1.56 bits per heavy atom. The first-order valence-electron chi connectivity index (χ1n) is 5.26. The normalized spacial score (nSPS) is 24.8. The molecule has 6 heteroatoms. The Hall–Kier alpha value is -0.750. The van der Waals surface area contributed by atoms with Gasteiger partial charge in [0.05, 0.1) is 5.37 Å². The predicted octanol–water partition coefficient (Wildman–Crippen LogP) is 0.788. The average Bonchev–Trinajstić information content (AvgIpc) is 2.62. The number of hydrogen-bond acceptors (Lipinski definition) is 4. The summed E-state index contributed by atoms with van der Waals surface area (Å²) >= 11 is 1.53. The molecule has 1 N–H and O–H groups in total. The van der Waals surface area contributed by atoms with E-state index in [1.807, 2.05) is 6.92 Å². The maximum atomic E-state index is 11.8. The molecule has 2 unspecified atom stereocenters. The van der Waals surface area contributed by atoms with Crippen LogP contribution in [0, 0.1) is 0 Å². The van der Waals surface area contributed by atoms with Crippen LogP contribution in [0.25, 0.3) is 0 Å². The van der Waals surface area contributed by atoms with Crippen LogP contribution in [-0.2, 0) is 14.3 Å². The second kappa shape index (κ2) is 6.10. The molecule has 1 aliphatic rings. The van der Waals surface area contributed by atoms with Crippen LogP contribution < -0.4 is 0 Å². The minimum atomic E-state index is -0.935. The van der Waals surface area contributed by atoms with Crippen molar-refractivity contribution in [1.82, 2.24) is 4.90 Å². The first-order chi connectivity index (χ1) is 7.61. The van der Waals surface area contributed by atoms with Crippen LogP contribution in [0.4, 0.5) is 0 Å². The lowest BCUT2D eigenvalue weighted by atomic mass is 10.2. The number of rotatable bonds is 5. The molecule has 0 spiro atoms. The number of ether oxygens (including phenoxy) is 1. The Labute approximate surface area is 99.1 Å². The predicted molar refractivity (Wildman–Crippen MR) is 61.3 cm³/mol. The maximum Gasteiger partial charge on any atom is 0.327 e. The average molecular weight is 247 g/mol. The minimum Gasteiger partial charge on any atom is -0.480 e. The Balaban J connectivity index is 2.75. The summed E-state index contributed by atoms with van der Waals surface area (Å²) < 4.78 is 4.78. The van der Waals surface area contributed by atoms with E-state index in [4.69, 9.17) is 9.84 Å². The Kier molecular flexibility index (Phi) is 5.08. The lowest BCUT2D eigenvalue weighted by molar-refractivity contribution is -0.150. The number of carbonyl (C=O) groups is 2. The lowest BCUT2D eigenvalue weighted by Gasteiger charge is -2.26. The van der Waals surface area contributed by atoms with E-state index >= 15 is 0 Å². The summed E-state index contributed by atoms with van der Waals surface area (Å²) in [5, 5.41) is 9.02. The molecular weight excluding hydrogens is 230 g/mol. The van der Waals surface area contributed by atoms with Gasteiger partial charge in [-0.3, -0.25) is 4.79 Å². The Bertz CT molecular complexity index is 272. The smallest absolute Gasteiger partial charge is 0.327 e. The van der Waals surface area contributed by atoms with Crippen molar-refractivity contribution in [3.05, 3.63) is 0 Å². The van der Waals surface area contributed by atoms with Gasteiger partial charge >= 0.3 is 5.97 Å². The van der Waals surface area contributed by atoms with Gasteiger partial charge in [-0.2, -0.15) is 0 Å². The maximum absolute atomic E-state index is 11.8. The number of thioether (sulfide) groups is 1. The zero-order valence-corrected chi connectivity index (χ0v) is 10.3. The number of carboxylic acid groups (broad SMARTS) is 1. The van der Waals surface area contributed by atoms with Gasteiger partial charge in [-0.25, -0.2) is 4.79 Å². The van der Waals surface area contributed by atoms with Gasteiger partial charge in [0.15, 0.2) is 0 Å². The quantitative estimate of drug-likeness (QED) is 0.778. The number of carboxylic acids is 1. The summed E-state index contributed by atoms with van der Waals surface area (Å²) in [5.41, 5.74) is 0. The highest BCUT2D eigenvalue weighted by Crippen LogP contribution is 2.32. The van der Waals surface area contributed by atoms with Crippen molar-refractivity contribution in [2.45, 2.75) is 31.2 Å². The lowest BCUT2D eigenvalue weighted by Crippen LogP contribution is -2.47. The second-order valence-electron chi connectivity index (χ2n) is 3.66. The van der Waals surface area contributed by atoms with E-state index < -0.39 is 12.0 Å². The number of amides is 1. The highest BCUT2D eigenvalue weighted by molar-refractivity contribution is 8.00. The van der Waals surface area contributed by atoms with Crippen molar-refractivity contribution in [2.75, 3.05) is 19.5 Å². The molecule has 0 aromatic rings. The van der Waals surface area contributed by atoms with Gasteiger partial charge in [0, 0.05) is 12.9 Å². The minimum absolute atomic E-state index is 0.0197. The van der Waals surface area contributed by atoms with Crippen molar-refractivity contribution in [3.8, 4) is 0 Å². The highest BCUT2D eigenvalue weighted by atomic mass is 32.2. The monoisotopic (exact) mass is 247 g/mol. The van der Waals surface area contributed by atoms with Crippen molar-refractivity contribution in [2.24, 2.45) is 0 Å². The first-order valence-corrected chi connectivity index (χ1v) is 6.31. The summed E-state index contributed by atoms with van der Waals surface area (Å²) in [7, 11) is 1.44. The molecule has 2 atom stereocenters. The largest absolute Gasteiger partial charge is 0.480 e. The van der Waals surface area contributed by atoms with Crippen molar-refractivity contribution < 1.29 is 19.4 Å². The number of hydrogen-bond donors (Lipinski definition) is 1. The van der Waals surface area contributed by atoms with Gasteiger partial charge in [0.1, 0.15) is 12.6 Å². The zero-order chi connectivity index (χ0) is 12.1. The topological polar surface area (TPSA) is 66.8 Å². The first kappa shape index (κ1) is 13.3. The molecular formula is C10H17NO4S. The molecule has 1 heterocycles. The number of nitrogens with zero attached hydrogens (tertiary/aromatic N) is 1. The number of carbonyl (C=O) groups excluding carboxylic acids is 1. The van der Waals surface area contributed by atoms with E-state index in [1.54, 1.807) is 0 Å². The van der Waals surface area contributed by atoms with E-state index in [-0.39, 0.29) is 17.9 Å². The molecule has 1 rings (SSSR count). The van der Waals surface area contributed by atoms with Crippen LogP contribution in [0.2, 0.25) is 0 Å². The van der Waals surface area contributed by atoms with Gasteiger partial charge in [-0.05, 0) is 6.42 Å². The van der Waals surface area contributed by atoms with E-state index in [0.717, 1.165) is 12.8 Å².